The van der Waals surface area contributed by atoms with Crippen LogP contribution >= 0.6 is 0 Å². The van der Waals surface area contributed by atoms with E-state index < -0.39 is 11.2 Å². The lowest BCUT2D eigenvalue weighted by atomic mass is 10.0. The van der Waals surface area contributed by atoms with Gasteiger partial charge in [0.1, 0.15) is 11.1 Å². The molecule has 1 aliphatic rings. The molecular formula is C23H28N4O5. The van der Waals surface area contributed by atoms with Gasteiger partial charge in [0.25, 0.3) is 11.5 Å². The number of aromatic amines is 1. The number of nitrogens with one attached hydrogen (secondary N) is 2. The highest BCUT2D eigenvalue weighted by atomic mass is 16.5. The molecule has 0 aliphatic carbocycles. The highest BCUT2D eigenvalue weighted by molar-refractivity contribution is 6.06. The fourth-order valence-corrected chi connectivity index (χ4v) is 4.27. The lowest BCUT2D eigenvalue weighted by molar-refractivity contribution is 0.0907. The summed E-state index contributed by atoms with van der Waals surface area (Å²) in [6.07, 6.45) is 2.65. The predicted octanol–water partition coefficient (Wildman–Crippen LogP) is 1.81. The molecule has 4 rings (SSSR count). The van der Waals surface area contributed by atoms with Crippen LogP contribution in [0.15, 0.2) is 44.3 Å². The van der Waals surface area contributed by atoms with Crippen LogP contribution in [0.1, 0.15) is 35.4 Å². The van der Waals surface area contributed by atoms with Crippen molar-refractivity contribution in [2.75, 3.05) is 33.4 Å². The molecule has 2 N–H and O–H groups in total. The maximum atomic E-state index is 13.2. The maximum Gasteiger partial charge on any atom is 0.335 e. The quantitative estimate of drug-likeness (QED) is 0.543. The van der Waals surface area contributed by atoms with Crippen molar-refractivity contribution < 1.29 is 13.9 Å². The molecule has 0 spiro atoms. The number of fused-ring (bicyclic) bond motifs is 1. The van der Waals surface area contributed by atoms with Gasteiger partial charge in [0, 0.05) is 39.4 Å². The summed E-state index contributed by atoms with van der Waals surface area (Å²) in [5.41, 5.74) is -0.580. The monoisotopic (exact) mass is 440 g/mol. The third-order valence-corrected chi connectivity index (χ3v) is 5.91. The van der Waals surface area contributed by atoms with Gasteiger partial charge >= 0.3 is 5.69 Å². The molecule has 9 heteroatoms. The van der Waals surface area contributed by atoms with Crippen molar-refractivity contribution in [1.29, 1.82) is 0 Å². The average molecular weight is 441 g/mol. The summed E-state index contributed by atoms with van der Waals surface area (Å²) in [6, 6.07) is 8.61. The van der Waals surface area contributed by atoms with E-state index in [-0.39, 0.29) is 28.6 Å². The molecule has 1 aromatic carbocycles. The van der Waals surface area contributed by atoms with Crippen molar-refractivity contribution in [3.8, 4) is 5.69 Å². The van der Waals surface area contributed by atoms with E-state index in [2.05, 4.69) is 15.2 Å². The van der Waals surface area contributed by atoms with Gasteiger partial charge in [-0.05, 0) is 38.3 Å². The molecule has 2 aromatic heterocycles. The van der Waals surface area contributed by atoms with Crippen molar-refractivity contribution >= 4 is 17.0 Å². The molecule has 0 radical (unpaired) electrons. The Balaban J connectivity index is 1.57. The summed E-state index contributed by atoms with van der Waals surface area (Å²) < 4.78 is 11.7. The smallest absolute Gasteiger partial charge is 0.335 e. The summed E-state index contributed by atoms with van der Waals surface area (Å²) in [4.78, 5) is 43.9. The number of carbonyl (C=O) groups excluding carboxylic acids is 1. The number of hydrogen-bond donors (Lipinski definition) is 2. The van der Waals surface area contributed by atoms with Crippen LogP contribution in [-0.2, 0) is 4.74 Å². The first kappa shape index (κ1) is 22.0. The second-order valence-electron chi connectivity index (χ2n) is 8.08. The Kier molecular flexibility index (Phi) is 6.57. The minimum Gasteiger partial charge on any atom is -0.444 e. The van der Waals surface area contributed by atoms with Gasteiger partial charge in [-0.2, -0.15) is 0 Å². The average Bonchev–Trinajstić information content (AvgIpc) is 3.12. The van der Waals surface area contributed by atoms with Crippen molar-refractivity contribution in [3.63, 3.8) is 0 Å². The van der Waals surface area contributed by atoms with E-state index in [1.54, 1.807) is 44.4 Å². The summed E-state index contributed by atoms with van der Waals surface area (Å²) in [6.45, 7) is 5.14. The van der Waals surface area contributed by atoms with Crippen LogP contribution in [0.3, 0.4) is 0 Å². The Bertz CT molecular complexity index is 1200. The first-order chi connectivity index (χ1) is 15.5. The van der Waals surface area contributed by atoms with Crippen LogP contribution in [-0.4, -0.2) is 59.8 Å². The minimum absolute atomic E-state index is 0.0165. The van der Waals surface area contributed by atoms with E-state index in [1.165, 1.54) is 0 Å². The number of H-pyrrole nitrogens is 1. The Labute approximate surface area is 185 Å². The van der Waals surface area contributed by atoms with Gasteiger partial charge in [-0.25, -0.2) is 9.36 Å². The number of hydrogen-bond acceptors (Lipinski definition) is 6. The number of furan rings is 1. The zero-order valence-corrected chi connectivity index (χ0v) is 18.3. The minimum atomic E-state index is -0.616. The van der Waals surface area contributed by atoms with Gasteiger partial charge in [-0.1, -0.05) is 18.2 Å². The number of benzene rings is 1. The molecule has 1 fully saturated rings. The standard InChI is InChI=1S/C23H28N4O5/c1-15-18(20(28)24-16-9-12-26(13-10-16)11-6-14-31-2)19-21(32-15)25-23(30)27(22(19)29)17-7-4-3-5-8-17/h3-5,7-8,16H,6,9-14H2,1-2H3,(H,24,28)(H,25,30). The van der Waals surface area contributed by atoms with Gasteiger partial charge in [0.2, 0.25) is 5.71 Å². The van der Waals surface area contributed by atoms with Crippen molar-refractivity contribution in [1.82, 2.24) is 19.8 Å². The normalized spacial score (nSPS) is 15.3. The third-order valence-electron chi connectivity index (χ3n) is 5.91. The zero-order chi connectivity index (χ0) is 22.7. The number of likely N-dealkylation sites (tertiary alicyclic amines) is 1. The molecule has 170 valence electrons. The number of para-hydroxylation sites is 1. The number of aryl methyl sites for hydroxylation is 1. The van der Waals surface area contributed by atoms with E-state index in [0.717, 1.165) is 50.1 Å². The van der Waals surface area contributed by atoms with Crippen LogP contribution in [0.4, 0.5) is 0 Å². The molecule has 3 aromatic rings. The summed E-state index contributed by atoms with van der Waals surface area (Å²) >= 11 is 0. The van der Waals surface area contributed by atoms with E-state index in [1.807, 2.05) is 0 Å². The SMILES string of the molecule is COCCCN1CCC(NC(=O)c2c(C)oc3[nH]c(=O)n(-c4ccccc4)c(=O)c23)CC1. The number of ether oxygens (including phenoxy) is 1. The Morgan fingerprint density at radius 2 is 1.94 bits per heavy atom. The number of methoxy groups -OCH3 is 1. The predicted molar refractivity (Wildman–Crippen MR) is 121 cm³/mol. The molecule has 0 unspecified atom stereocenters. The summed E-state index contributed by atoms with van der Waals surface area (Å²) in [7, 11) is 1.70. The largest absolute Gasteiger partial charge is 0.444 e. The molecule has 0 atom stereocenters. The van der Waals surface area contributed by atoms with Gasteiger partial charge in [-0.15, -0.1) is 0 Å². The first-order valence-electron chi connectivity index (χ1n) is 10.9. The molecule has 0 saturated carbocycles. The van der Waals surface area contributed by atoms with E-state index >= 15 is 0 Å². The van der Waals surface area contributed by atoms with E-state index in [9.17, 15) is 14.4 Å². The number of rotatable bonds is 7. The number of aromatic nitrogens is 2. The Hall–Kier alpha value is -3.17. The van der Waals surface area contributed by atoms with Crippen molar-refractivity contribution in [3.05, 3.63) is 62.5 Å². The molecule has 0 bridgehead atoms. The van der Waals surface area contributed by atoms with Gasteiger partial charge in [-0.3, -0.25) is 14.6 Å². The lowest BCUT2D eigenvalue weighted by Gasteiger charge is -2.32. The molecule has 32 heavy (non-hydrogen) atoms. The Morgan fingerprint density at radius 3 is 2.62 bits per heavy atom. The molecule has 1 aliphatic heterocycles. The number of piperidine rings is 1. The van der Waals surface area contributed by atoms with Crippen LogP contribution in [0, 0.1) is 6.92 Å². The van der Waals surface area contributed by atoms with Crippen LogP contribution < -0.4 is 16.6 Å². The first-order valence-corrected chi connectivity index (χ1v) is 10.9. The second-order valence-corrected chi connectivity index (χ2v) is 8.08. The topological polar surface area (TPSA) is 110 Å². The molecule has 1 amide bonds. The van der Waals surface area contributed by atoms with Crippen LogP contribution in [0.2, 0.25) is 0 Å². The zero-order valence-electron chi connectivity index (χ0n) is 18.3. The fourth-order valence-electron chi connectivity index (χ4n) is 4.27. The van der Waals surface area contributed by atoms with Crippen molar-refractivity contribution in [2.45, 2.75) is 32.2 Å². The molecule has 3 heterocycles. The number of nitrogens with zero attached hydrogens (tertiary/aromatic N) is 2. The summed E-state index contributed by atoms with van der Waals surface area (Å²) in [5.74, 6) is -0.0593. The maximum absolute atomic E-state index is 13.2. The highest BCUT2D eigenvalue weighted by Gasteiger charge is 2.27. The molecular weight excluding hydrogens is 412 g/mol. The summed E-state index contributed by atoms with van der Waals surface area (Å²) in [5, 5.41) is 3.14. The van der Waals surface area contributed by atoms with Crippen LogP contribution in [0.25, 0.3) is 16.8 Å². The lowest BCUT2D eigenvalue weighted by Crippen LogP contribution is -2.45. The van der Waals surface area contributed by atoms with E-state index in [4.69, 9.17) is 9.15 Å². The second kappa shape index (κ2) is 9.54. The highest BCUT2D eigenvalue weighted by Crippen LogP contribution is 2.21. The van der Waals surface area contributed by atoms with Gasteiger partial charge < -0.3 is 19.4 Å². The third kappa shape index (κ3) is 4.39. The fraction of sp³-hybridized carbons (Fsp3) is 0.435. The van der Waals surface area contributed by atoms with Gasteiger partial charge in [0.05, 0.1) is 11.3 Å². The van der Waals surface area contributed by atoms with Crippen molar-refractivity contribution in [2.24, 2.45) is 0 Å². The number of amides is 1. The van der Waals surface area contributed by atoms with E-state index in [0.29, 0.717) is 11.4 Å². The number of carbonyl (C=O) groups is 1. The molecule has 9 nitrogen and oxygen atoms in total. The van der Waals surface area contributed by atoms with Crippen LogP contribution in [0.5, 0.6) is 0 Å². The molecule has 1 saturated heterocycles. The van der Waals surface area contributed by atoms with Gasteiger partial charge in [0.15, 0.2) is 0 Å². The Morgan fingerprint density at radius 1 is 1.22 bits per heavy atom.